The predicted octanol–water partition coefficient (Wildman–Crippen LogP) is -0.545. The van der Waals surface area contributed by atoms with E-state index in [1.165, 1.54) is 0 Å². The zero-order chi connectivity index (χ0) is 5.86. The molecule has 0 saturated carbocycles. The summed E-state index contributed by atoms with van der Waals surface area (Å²) in [5.41, 5.74) is 0. The van der Waals surface area contributed by atoms with Gasteiger partial charge in [-0.2, -0.15) is 0 Å². The summed E-state index contributed by atoms with van der Waals surface area (Å²) in [6.07, 6.45) is 0. The summed E-state index contributed by atoms with van der Waals surface area (Å²) in [6, 6.07) is 0. The molecule has 0 bridgehead atoms. The second-order valence-corrected chi connectivity index (χ2v) is 3.54. The van der Waals surface area contributed by atoms with Gasteiger partial charge in [-0.25, -0.2) is 0 Å². The molecule has 0 saturated heterocycles. The number of hydrogen-bond donors (Lipinski definition) is 0. The molecule has 0 aliphatic rings. The van der Waals surface area contributed by atoms with Gasteiger partial charge in [-0.05, 0) is 0 Å². The maximum absolute atomic E-state index is 9.26. The van der Waals surface area contributed by atoms with Gasteiger partial charge in [-0.3, -0.25) is 0 Å². The third kappa shape index (κ3) is 6.18. The molecule has 6 nitrogen and oxygen atoms in total. The van der Waals surface area contributed by atoms with Gasteiger partial charge in [-0.15, -0.1) is 0 Å². The van der Waals surface area contributed by atoms with E-state index in [9.17, 15) is 20.2 Å². The van der Waals surface area contributed by atoms with Crippen LogP contribution < -0.4 is 0 Å². The molecule has 0 rings (SSSR count). The first kappa shape index (κ1) is 7.18. The molecule has 0 aliphatic carbocycles. The van der Waals surface area contributed by atoms with E-state index in [4.69, 9.17) is 0 Å². The van der Waals surface area contributed by atoms with Gasteiger partial charge < -0.3 is 0 Å². The SMILES string of the molecule is O=[N+]([O-])[Ce+2][N+](=O)[O-]. The van der Waals surface area contributed by atoms with Crippen LogP contribution in [0.15, 0.2) is 0 Å². The van der Waals surface area contributed by atoms with Gasteiger partial charge in [0.05, 0.1) is 0 Å². The molecule has 36 valence electrons. The first-order chi connectivity index (χ1) is 3.13. The van der Waals surface area contributed by atoms with E-state index in [1.807, 2.05) is 0 Å². The van der Waals surface area contributed by atoms with E-state index in [1.54, 1.807) is 0 Å². The van der Waals surface area contributed by atoms with Crippen LogP contribution in [0.4, 0.5) is 0 Å². The Kier molecular flexibility index (Phi) is 3.29. The first-order valence-electron chi connectivity index (χ1n) is 1.18. The number of nitrogens with zero attached hydrogens (tertiary/aromatic N) is 2. The van der Waals surface area contributed by atoms with Crippen LogP contribution in [0.25, 0.3) is 0 Å². The topological polar surface area (TPSA) is 86.3 Å². The van der Waals surface area contributed by atoms with Crippen LogP contribution in [0.2, 0.25) is 0 Å². The zero-order valence-electron chi connectivity index (χ0n) is 3.03. The monoisotopic (exact) mass is 232 g/mol. The fourth-order valence-corrected chi connectivity index (χ4v) is 0.485. The van der Waals surface area contributed by atoms with Crippen LogP contribution in [-0.4, -0.2) is 1.77 Å². The fourth-order valence-electron chi connectivity index (χ4n) is 0.0667. The van der Waals surface area contributed by atoms with Gasteiger partial charge in [0.2, 0.25) is 0 Å². The van der Waals surface area contributed by atoms with E-state index < -0.39 is 40.1 Å². The average Bonchev–Trinajstić information content (AvgIpc) is 1.27. The standard InChI is InChI=1S/Ce.2NO2/c;2*2-1-3/q+2;;. The third-order valence-corrected chi connectivity index (χ3v) is 1.19. The molecule has 0 heterocycles. The summed E-state index contributed by atoms with van der Waals surface area (Å²) >= 11 is -2.71. The van der Waals surface area contributed by atoms with Gasteiger partial charge >= 0.3 is 60.3 Å². The Morgan fingerprint density at radius 3 is 1.43 bits per heavy atom. The van der Waals surface area contributed by atoms with Crippen molar-refractivity contribution in [2.24, 2.45) is 0 Å². The third-order valence-electron chi connectivity index (χ3n) is 0.163. The van der Waals surface area contributed by atoms with Crippen LogP contribution in [0, 0.1) is 58.6 Å². The van der Waals surface area contributed by atoms with Gasteiger partial charge in [0.15, 0.2) is 0 Å². The summed E-state index contributed by atoms with van der Waals surface area (Å²) < 4.78 is -1.61. The Labute approximate surface area is 59.8 Å². The van der Waals surface area contributed by atoms with E-state index in [-0.39, 0.29) is 0 Å². The summed E-state index contributed by atoms with van der Waals surface area (Å²) in [7, 11) is 0. The van der Waals surface area contributed by atoms with Gasteiger partial charge in [0.25, 0.3) is 0 Å². The van der Waals surface area contributed by atoms with Crippen molar-refractivity contribution >= 4 is 0 Å². The summed E-state index contributed by atoms with van der Waals surface area (Å²) in [5.74, 6) is 0. The molecule has 7 heavy (non-hydrogen) atoms. The molecule has 0 aromatic heterocycles. The normalized spacial score (nSPS) is 6.86. The average molecular weight is 232 g/mol. The Hall–Kier alpha value is 0.177. The van der Waals surface area contributed by atoms with Crippen LogP contribution in [0.1, 0.15) is 0 Å². The van der Waals surface area contributed by atoms with Crippen LogP contribution in [-0.2, 0) is 0 Å². The minimum absolute atomic E-state index is 0.806. The van der Waals surface area contributed by atoms with Crippen molar-refractivity contribution in [3.63, 3.8) is 0 Å². The van der Waals surface area contributed by atoms with Crippen molar-refractivity contribution < 1.29 is 40.1 Å². The molecule has 7 heteroatoms. The van der Waals surface area contributed by atoms with Crippen LogP contribution >= 0.6 is 0 Å². The van der Waals surface area contributed by atoms with Crippen LogP contribution in [0.3, 0.4) is 0 Å². The van der Waals surface area contributed by atoms with Crippen molar-refractivity contribution in [2.45, 2.75) is 0 Å². The molecule has 0 fully saturated rings. The van der Waals surface area contributed by atoms with Crippen molar-refractivity contribution in [1.29, 1.82) is 0 Å². The second kappa shape index (κ2) is 3.21. The molecule has 0 N–H and O–H groups in total. The van der Waals surface area contributed by atoms with E-state index in [0.29, 0.717) is 0 Å². The van der Waals surface area contributed by atoms with Crippen molar-refractivity contribution in [1.82, 2.24) is 0 Å². The molecule has 0 atom stereocenters. The Bertz CT molecular complexity index is 85.9. The number of nitro groups is 2. The number of hydrogen-bond acceptors (Lipinski definition) is 4. The maximum atomic E-state index is 9.26. The van der Waals surface area contributed by atoms with Crippen LogP contribution in [0.5, 0.6) is 0 Å². The van der Waals surface area contributed by atoms with E-state index in [0.717, 1.165) is 0 Å². The second-order valence-electron chi connectivity index (χ2n) is 0.614. The predicted molar refractivity (Wildman–Crippen MR) is 14.0 cm³/mol. The minimum atomic E-state index is -2.71. The van der Waals surface area contributed by atoms with Crippen molar-refractivity contribution in [3.05, 3.63) is 20.2 Å². The van der Waals surface area contributed by atoms with E-state index in [2.05, 4.69) is 0 Å². The number of rotatable bonds is 2. The Morgan fingerprint density at radius 2 is 1.43 bits per heavy atom. The molecular weight excluding hydrogens is 232 g/mol. The molecule has 0 aromatic rings. The zero-order valence-corrected chi connectivity index (χ0v) is 6.17. The quantitative estimate of drug-likeness (QED) is 0.472. The first-order valence-corrected chi connectivity index (χ1v) is 3.99. The molecule has 0 spiro atoms. The fraction of sp³-hybridized carbons (Fsp3) is 0. The van der Waals surface area contributed by atoms with Crippen molar-refractivity contribution in [3.8, 4) is 0 Å². The molecule has 0 radical (unpaired) electrons. The van der Waals surface area contributed by atoms with Gasteiger partial charge in [-0.1, -0.05) is 0 Å². The Morgan fingerprint density at radius 1 is 1.14 bits per heavy atom. The van der Waals surface area contributed by atoms with E-state index >= 15 is 0 Å². The van der Waals surface area contributed by atoms with Crippen molar-refractivity contribution in [2.75, 3.05) is 0 Å². The molecule has 0 aliphatic heterocycles. The Balaban J connectivity index is 3.32. The molecular formula is CeN2O4+2. The molecule has 0 aromatic carbocycles. The summed E-state index contributed by atoms with van der Waals surface area (Å²) in [4.78, 5) is 18.5. The van der Waals surface area contributed by atoms with Gasteiger partial charge in [0, 0.05) is 0 Å². The van der Waals surface area contributed by atoms with Gasteiger partial charge in [0.1, 0.15) is 0 Å². The molecule has 0 amide bonds. The summed E-state index contributed by atoms with van der Waals surface area (Å²) in [5, 5.41) is 18.5. The molecule has 0 unspecified atom stereocenters. The summed E-state index contributed by atoms with van der Waals surface area (Å²) in [6.45, 7) is 0.